The van der Waals surface area contributed by atoms with Crippen molar-refractivity contribution < 1.29 is 41.0 Å². The zero-order valence-electron chi connectivity index (χ0n) is 22.8. The van der Waals surface area contributed by atoms with Gasteiger partial charge >= 0.3 is 12.4 Å². The molecule has 2 aromatic rings. The van der Waals surface area contributed by atoms with Crippen molar-refractivity contribution in [2.24, 2.45) is 5.41 Å². The topological polar surface area (TPSA) is 107 Å². The van der Waals surface area contributed by atoms with E-state index >= 15 is 0 Å². The van der Waals surface area contributed by atoms with E-state index in [1.807, 2.05) is 0 Å². The highest BCUT2D eigenvalue weighted by atomic mass is 32.1. The molecule has 0 atom stereocenters. The van der Waals surface area contributed by atoms with Crippen LogP contribution in [0.25, 0.3) is 10.4 Å². The summed E-state index contributed by atoms with van der Waals surface area (Å²) in [6.07, 6.45) is -5.71. The van der Waals surface area contributed by atoms with E-state index < -0.39 is 58.7 Å². The van der Waals surface area contributed by atoms with Crippen molar-refractivity contribution >= 4 is 29.0 Å². The number of rotatable bonds is 8. The molecule has 0 unspecified atom stereocenters. The standard InChI is InChI=1S/C26H31F6N5O3S/c1-23(2,26(30,31)32)11-34-17-9-16(25(27,28)29)15(10-33-17)19-18(22(39)37-13-5-6-14(37)8-7-13)36-21(41-19)20(38)35-12-24(3,4)40/h9-10,13-14,40H,5-8,11-12H2,1-4H3,(H,33,34)(H,35,38)/t13-,14+. The zero-order valence-corrected chi connectivity index (χ0v) is 23.6. The Balaban J connectivity index is 1.76. The number of thiazole rings is 1. The van der Waals surface area contributed by atoms with Gasteiger partial charge in [-0.25, -0.2) is 9.97 Å². The third kappa shape index (κ3) is 6.60. The number of nitrogens with zero attached hydrogens (tertiary/aromatic N) is 3. The summed E-state index contributed by atoms with van der Waals surface area (Å²) in [4.78, 5) is 36.0. The molecule has 3 N–H and O–H groups in total. The van der Waals surface area contributed by atoms with Crippen molar-refractivity contribution in [1.82, 2.24) is 20.2 Å². The minimum absolute atomic E-state index is 0.0710. The van der Waals surface area contributed by atoms with Crippen LogP contribution in [0.4, 0.5) is 32.2 Å². The quantitative estimate of drug-likeness (QED) is 0.343. The average Bonchev–Trinajstić information content (AvgIpc) is 3.58. The first-order valence-corrected chi connectivity index (χ1v) is 13.8. The molecule has 2 bridgehead atoms. The molecule has 2 fully saturated rings. The van der Waals surface area contributed by atoms with E-state index in [0.717, 1.165) is 45.7 Å². The lowest BCUT2D eigenvalue weighted by Crippen LogP contribution is -2.38. The van der Waals surface area contributed by atoms with E-state index in [-0.39, 0.29) is 34.2 Å². The van der Waals surface area contributed by atoms with Crippen LogP contribution >= 0.6 is 11.3 Å². The molecule has 0 spiro atoms. The van der Waals surface area contributed by atoms with Gasteiger partial charge in [-0.3, -0.25) is 9.59 Å². The van der Waals surface area contributed by atoms with Crippen LogP contribution in [0, 0.1) is 5.41 Å². The second kappa shape index (κ2) is 10.7. The molecule has 2 aromatic heterocycles. The van der Waals surface area contributed by atoms with Crippen molar-refractivity contribution in [3.05, 3.63) is 28.5 Å². The van der Waals surface area contributed by atoms with Gasteiger partial charge in [-0.1, -0.05) is 0 Å². The molecule has 8 nitrogen and oxygen atoms in total. The minimum atomic E-state index is -4.98. The molecule has 0 saturated carbocycles. The molecule has 4 heterocycles. The Labute approximate surface area is 236 Å². The molecule has 4 rings (SSSR count). The van der Waals surface area contributed by atoms with Crippen molar-refractivity contribution in [1.29, 1.82) is 0 Å². The van der Waals surface area contributed by atoms with E-state index in [1.165, 1.54) is 13.8 Å². The fraction of sp³-hybridized carbons (Fsp3) is 0.615. The Morgan fingerprint density at radius 3 is 2.12 bits per heavy atom. The van der Waals surface area contributed by atoms with E-state index in [2.05, 4.69) is 20.6 Å². The number of carbonyl (C=O) groups is 2. The zero-order chi connectivity index (χ0) is 30.5. The number of aromatic nitrogens is 2. The molecular weight excluding hydrogens is 576 g/mol. The van der Waals surface area contributed by atoms with Gasteiger partial charge in [0.2, 0.25) is 0 Å². The number of aliphatic hydroxyl groups is 1. The molecule has 0 radical (unpaired) electrons. The summed E-state index contributed by atoms with van der Waals surface area (Å²) in [5.74, 6) is -1.81. The van der Waals surface area contributed by atoms with Crippen LogP contribution in [0.2, 0.25) is 0 Å². The van der Waals surface area contributed by atoms with Crippen LogP contribution in [0.5, 0.6) is 0 Å². The van der Waals surface area contributed by atoms with Crippen LogP contribution in [-0.4, -0.2) is 68.7 Å². The van der Waals surface area contributed by atoms with Crippen molar-refractivity contribution in [2.75, 3.05) is 18.4 Å². The molecular formula is C26H31F6N5O3S. The fourth-order valence-electron chi connectivity index (χ4n) is 4.86. The second-order valence-corrected chi connectivity index (χ2v) is 12.7. The molecule has 2 amide bonds. The van der Waals surface area contributed by atoms with Crippen LogP contribution < -0.4 is 10.6 Å². The first-order chi connectivity index (χ1) is 18.8. The second-order valence-electron chi connectivity index (χ2n) is 11.7. The summed E-state index contributed by atoms with van der Waals surface area (Å²) >= 11 is 0.577. The highest BCUT2D eigenvalue weighted by molar-refractivity contribution is 7.17. The summed E-state index contributed by atoms with van der Waals surface area (Å²) in [6.45, 7) is 3.81. The maximum Gasteiger partial charge on any atom is 0.417 e. The van der Waals surface area contributed by atoms with Crippen molar-refractivity contribution in [3.8, 4) is 10.4 Å². The van der Waals surface area contributed by atoms with E-state index in [0.29, 0.717) is 17.4 Å². The SMILES string of the molecule is CC(C)(O)CNC(=O)c1nc(C(=O)N2[C@H]3CC[C@@H]2CC3)c(-c2cnc(NCC(C)(C)C(F)(F)F)cc2C(F)(F)F)s1. The lowest BCUT2D eigenvalue weighted by atomic mass is 9.93. The van der Waals surface area contributed by atoms with Gasteiger partial charge in [-0.05, 0) is 59.4 Å². The first-order valence-electron chi connectivity index (χ1n) is 13.0. The van der Waals surface area contributed by atoms with Crippen LogP contribution in [0.3, 0.4) is 0 Å². The molecule has 41 heavy (non-hydrogen) atoms. The summed E-state index contributed by atoms with van der Waals surface area (Å²) in [7, 11) is 0. The number of nitrogens with one attached hydrogen (secondary N) is 2. The van der Waals surface area contributed by atoms with Gasteiger partial charge in [0.05, 0.1) is 21.5 Å². The Kier molecular flexibility index (Phi) is 8.10. The number of halogens is 6. The smallest absolute Gasteiger partial charge is 0.389 e. The van der Waals surface area contributed by atoms with Crippen LogP contribution in [-0.2, 0) is 6.18 Å². The van der Waals surface area contributed by atoms with Gasteiger partial charge < -0.3 is 20.6 Å². The van der Waals surface area contributed by atoms with Gasteiger partial charge in [0.1, 0.15) is 11.5 Å². The highest BCUT2D eigenvalue weighted by Crippen LogP contribution is 2.44. The molecule has 0 aliphatic carbocycles. The monoisotopic (exact) mass is 607 g/mol. The van der Waals surface area contributed by atoms with Crippen molar-refractivity contribution in [2.45, 2.75) is 83.4 Å². The summed E-state index contributed by atoms with van der Waals surface area (Å²) in [6, 6.07) is 0.445. The molecule has 226 valence electrons. The van der Waals surface area contributed by atoms with Gasteiger partial charge in [-0.15, -0.1) is 11.3 Å². The third-order valence-electron chi connectivity index (χ3n) is 7.33. The summed E-state index contributed by atoms with van der Waals surface area (Å²) in [5, 5.41) is 14.5. The number of carbonyl (C=O) groups excluding carboxylic acids is 2. The van der Waals surface area contributed by atoms with Crippen molar-refractivity contribution in [3.63, 3.8) is 0 Å². The van der Waals surface area contributed by atoms with E-state index in [1.54, 1.807) is 4.90 Å². The average molecular weight is 608 g/mol. The predicted octanol–water partition coefficient (Wildman–Crippen LogP) is 5.49. The molecule has 2 aliphatic rings. The Bertz CT molecular complexity index is 1300. The maximum absolute atomic E-state index is 14.3. The third-order valence-corrected chi connectivity index (χ3v) is 8.41. The molecule has 2 saturated heterocycles. The normalized spacial score (nSPS) is 19.5. The van der Waals surface area contributed by atoms with Gasteiger partial charge in [0.15, 0.2) is 5.01 Å². The Morgan fingerprint density at radius 1 is 1.02 bits per heavy atom. The number of hydrogen-bond donors (Lipinski definition) is 3. The molecule has 0 aromatic carbocycles. The van der Waals surface area contributed by atoms with Gasteiger partial charge in [0, 0.05) is 36.9 Å². The van der Waals surface area contributed by atoms with E-state index in [9.17, 15) is 41.0 Å². The number of alkyl halides is 6. The summed E-state index contributed by atoms with van der Waals surface area (Å²) < 4.78 is 82.7. The minimum Gasteiger partial charge on any atom is -0.389 e. The summed E-state index contributed by atoms with van der Waals surface area (Å²) in [5.41, 5.74) is -5.62. The lowest BCUT2D eigenvalue weighted by molar-refractivity contribution is -0.206. The molecule has 15 heteroatoms. The molecule has 2 aliphatic heterocycles. The van der Waals surface area contributed by atoms with Gasteiger partial charge in [-0.2, -0.15) is 26.3 Å². The number of pyridine rings is 1. The number of anilines is 1. The van der Waals surface area contributed by atoms with Gasteiger partial charge in [0.25, 0.3) is 11.8 Å². The fourth-order valence-corrected chi connectivity index (χ4v) is 5.86. The number of amides is 2. The largest absolute Gasteiger partial charge is 0.417 e. The van der Waals surface area contributed by atoms with E-state index in [4.69, 9.17) is 0 Å². The first kappa shape index (κ1) is 31.0. The number of fused-ring (bicyclic) bond motifs is 2. The predicted molar refractivity (Wildman–Crippen MR) is 140 cm³/mol. The number of hydrogen-bond acceptors (Lipinski definition) is 7. The van der Waals surface area contributed by atoms with Crippen LogP contribution in [0.1, 0.15) is 79.2 Å². The lowest BCUT2D eigenvalue weighted by Gasteiger charge is -2.28. The Hall–Kier alpha value is -2.94. The Morgan fingerprint density at radius 2 is 1.61 bits per heavy atom. The highest BCUT2D eigenvalue weighted by Gasteiger charge is 2.47. The maximum atomic E-state index is 14.3. The van der Waals surface area contributed by atoms with Crippen LogP contribution in [0.15, 0.2) is 12.3 Å².